The number of hydrogen-bond acceptors (Lipinski definition) is 6. The van der Waals surface area contributed by atoms with E-state index in [4.69, 9.17) is 14.2 Å². The molecule has 0 fully saturated rings. The van der Waals surface area contributed by atoms with Gasteiger partial charge in [-0.3, -0.25) is 14.4 Å². The molecule has 51 heavy (non-hydrogen) atoms. The Labute approximate surface area is 310 Å². The fourth-order valence-electron chi connectivity index (χ4n) is 4.53. The molecule has 1 unspecified atom stereocenters. The van der Waals surface area contributed by atoms with Gasteiger partial charge in [0.25, 0.3) is 0 Å². The van der Waals surface area contributed by atoms with Gasteiger partial charge in [0, 0.05) is 19.3 Å². The van der Waals surface area contributed by atoms with Crippen LogP contribution in [0, 0.1) is 0 Å². The Kier molecular flexibility index (Phi) is 35.9. The summed E-state index contributed by atoms with van der Waals surface area (Å²) in [6.45, 7) is 6.08. The second-order valence-electron chi connectivity index (χ2n) is 12.2. The van der Waals surface area contributed by atoms with E-state index in [2.05, 4.69) is 81.5 Å². The highest BCUT2D eigenvalue weighted by atomic mass is 16.6. The Hall–Kier alpha value is -3.93. The Morgan fingerprint density at radius 1 is 0.412 bits per heavy atom. The van der Waals surface area contributed by atoms with Crippen molar-refractivity contribution in [3.8, 4) is 0 Å². The number of ether oxygens (including phenoxy) is 3. The molecule has 0 rings (SSSR count). The first-order chi connectivity index (χ1) is 25.0. The van der Waals surface area contributed by atoms with Gasteiger partial charge < -0.3 is 14.2 Å². The average molecular weight is 705 g/mol. The van der Waals surface area contributed by atoms with Gasteiger partial charge in [0.05, 0.1) is 0 Å². The van der Waals surface area contributed by atoms with Gasteiger partial charge in [0.2, 0.25) is 0 Å². The maximum atomic E-state index is 12.6. The average Bonchev–Trinajstić information content (AvgIpc) is 3.12. The van der Waals surface area contributed by atoms with E-state index in [0.717, 1.165) is 89.9 Å². The van der Waals surface area contributed by atoms with Gasteiger partial charge in [-0.15, -0.1) is 0 Å². The van der Waals surface area contributed by atoms with Gasteiger partial charge >= 0.3 is 17.9 Å². The minimum absolute atomic E-state index is 0.126. The number of rotatable bonds is 32. The lowest BCUT2D eigenvalue weighted by molar-refractivity contribution is -0.167. The molecular weight excluding hydrogens is 636 g/mol. The number of carbonyl (C=O) groups excluding carboxylic acids is 3. The van der Waals surface area contributed by atoms with Crippen LogP contribution in [0.1, 0.15) is 136 Å². The monoisotopic (exact) mass is 705 g/mol. The van der Waals surface area contributed by atoms with Gasteiger partial charge in [-0.2, -0.15) is 0 Å². The molecule has 0 aliphatic heterocycles. The van der Waals surface area contributed by atoms with Gasteiger partial charge in [0.1, 0.15) is 13.2 Å². The van der Waals surface area contributed by atoms with Crippen molar-refractivity contribution in [3.63, 3.8) is 0 Å². The number of hydrogen-bond donors (Lipinski definition) is 0. The first-order valence-electron chi connectivity index (χ1n) is 19.5. The summed E-state index contributed by atoms with van der Waals surface area (Å²) in [7, 11) is 0. The van der Waals surface area contributed by atoms with Gasteiger partial charge in [-0.1, -0.05) is 137 Å². The molecule has 0 saturated heterocycles. The zero-order chi connectivity index (χ0) is 37.3. The third kappa shape index (κ3) is 37.2. The minimum atomic E-state index is -0.822. The highest BCUT2D eigenvalue weighted by Gasteiger charge is 2.19. The summed E-state index contributed by atoms with van der Waals surface area (Å²) in [5.74, 6) is -1.06. The zero-order valence-corrected chi connectivity index (χ0v) is 32.1. The highest BCUT2D eigenvalue weighted by molar-refractivity contribution is 5.71. The van der Waals surface area contributed by atoms with Crippen LogP contribution in [0.15, 0.2) is 109 Å². The van der Waals surface area contributed by atoms with Crippen molar-refractivity contribution in [1.82, 2.24) is 0 Å². The van der Waals surface area contributed by atoms with E-state index in [1.165, 1.54) is 0 Å². The molecule has 284 valence electrons. The molecule has 1 atom stereocenters. The lowest BCUT2D eigenvalue weighted by Gasteiger charge is -2.18. The van der Waals surface area contributed by atoms with Gasteiger partial charge in [-0.25, -0.2) is 0 Å². The summed E-state index contributed by atoms with van der Waals surface area (Å²) >= 11 is 0. The van der Waals surface area contributed by atoms with Crippen molar-refractivity contribution in [1.29, 1.82) is 0 Å². The number of unbranched alkanes of at least 4 members (excludes halogenated alkanes) is 7. The quantitative estimate of drug-likeness (QED) is 0.0228. The topological polar surface area (TPSA) is 78.9 Å². The standard InChI is InChI=1S/C45H68O6/c1-4-7-10-13-16-19-20-21-22-23-24-27-29-32-35-38-44(47)50-41-42(51-45(48)39-36-33-30-26-18-15-12-9-6-3)40-49-43(46)37-34-31-28-25-17-14-11-8-5-2/h7-13,16-26,42H,4-6,14-15,27-41H2,1-3H3/b10-7-,11-8-,12-9-,16-13-,20-19-,22-21-,24-23-,25-17-,26-18-. The lowest BCUT2D eigenvalue weighted by Crippen LogP contribution is -2.30. The van der Waals surface area contributed by atoms with Crippen LogP contribution in [0.2, 0.25) is 0 Å². The molecule has 0 radical (unpaired) electrons. The molecule has 0 spiro atoms. The highest BCUT2D eigenvalue weighted by Crippen LogP contribution is 2.10. The molecule has 0 amide bonds. The predicted octanol–water partition coefficient (Wildman–Crippen LogP) is 12.1. The normalized spacial score (nSPS) is 13.2. The predicted molar refractivity (Wildman–Crippen MR) is 214 cm³/mol. The van der Waals surface area contributed by atoms with E-state index < -0.39 is 6.10 Å². The Balaban J connectivity index is 4.54. The maximum Gasteiger partial charge on any atom is 0.306 e. The summed E-state index contributed by atoms with van der Waals surface area (Å²) in [5.41, 5.74) is 0. The Morgan fingerprint density at radius 3 is 1.31 bits per heavy atom. The van der Waals surface area contributed by atoms with E-state index in [9.17, 15) is 14.4 Å². The zero-order valence-electron chi connectivity index (χ0n) is 32.1. The maximum absolute atomic E-state index is 12.6. The second kappa shape index (κ2) is 38.9. The third-order valence-electron chi connectivity index (χ3n) is 7.38. The van der Waals surface area contributed by atoms with Crippen LogP contribution in [0.5, 0.6) is 0 Å². The second-order valence-corrected chi connectivity index (χ2v) is 12.2. The SMILES string of the molecule is CC\C=C/C=C\C=C/C=C\C=C/CCCCCC(=O)OCC(COC(=O)CCCC/C=C\C/C=C\CC)OC(=O)CCCC/C=C\C/C=C\CC. The number of carbonyl (C=O) groups is 3. The molecule has 0 saturated carbocycles. The number of esters is 3. The summed E-state index contributed by atoms with van der Waals surface area (Å²) in [6, 6.07) is 0. The first-order valence-corrected chi connectivity index (χ1v) is 19.5. The van der Waals surface area contributed by atoms with Crippen LogP contribution < -0.4 is 0 Å². The van der Waals surface area contributed by atoms with E-state index in [1.54, 1.807) is 0 Å². The number of allylic oxidation sites excluding steroid dienone is 18. The Bertz CT molecular complexity index is 1130. The molecular formula is C45H68O6. The van der Waals surface area contributed by atoms with Crippen molar-refractivity contribution in [2.75, 3.05) is 13.2 Å². The van der Waals surface area contributed by atoms with Crippen molar-refractivity contribution in [2.45, 2.75) is 142 Å². The largest absolute Gasteiger partial charge is 0.462 e. The smallest absolute Gasteiger partial charge is 0.306 e. The van der Waals surface area contributed by atoms with Crippen molar-refractivity contribution >= 4 is 17.9 Å². The lowest BCUT2D eigenvalue weighted by atomic mass is 10.1. The van der Waals surface area contributed by atoms with Crippen LogP contribution >= 0.6 is 0 Å². The van der Waals surface area contributed by atoms with Crippen LogP contribution in [0.25, 0.3) is 0 Å². The minimum Gasteiger partial charge on any atom is -0.462 e. The van der Waals surface area contributed by atoms with Crippen LogP contribution in [-0.4, -0.2) is 37.2 Å². The van der Waals surface area contributed by atoms with E-state index in [-0.39, 0.29) is 37.5 Å². The van der Waals surface area contributed by atoms with E-state index in [0.29, 0.717) is 19.3 Å². The summed E-state index contributed by atoms with van der Waals surface area (Å²) in [4.78, 5) is 37.4. The summed E-state index contributed by atoms with van der Waals surface area (Å²) < 4.78 is 16.5. The molecule has 0 aromatic carbocycles. The molecule has 6 heteroatoms. The molecule has 0 aromatic rings. The fraction of sp³-hybridized carbons (Fsp3) is 0.533. The van der Waals surface area contributed by atoms with Gasteiger partial charge in [0.15, 0.2) is 6.10 Å². The fourth-order valence-corrected chi connectivity index (χ4v) is 4.53. The van der Waals surface area contributed by atoms with Crippen LogP contribution in [0.3, 0.4) is 0 Å². The molecule has 0 aliphatic carbocycles. The third-order valence-corrected chi connectivity index (χ3v) is 7.38. The first kappa shape index (κ1) is 47.1. The van der Waals surface area contributed by atoms with Crippen LogP contribution in [-0.2, 0) is 28.6 Å². The Morgan fingerprint density at radius 2 is 0.804 bits per heavy atom. The summed E-state index contributed by atoms with van der Waals surface area (Å²) in [5, 5.41) is 0. The summed E-state index contributed by atoms with van der Waals surface area (Å²) in [6.07, 6.45) is 51.0. The van der Waals surface area contributed by atoms with Crippen LogP contribution in [0.4, 0.5) is 0 Å². The molecule has 0 aromatic heterocycles. The molecule has 0 aliphatic rings. The van der Waals surface area contributed by atoms with Gasteiger partial charge in [-0.05, 0) is 89.9 Å². The van der Waals surface area contributed by atoms with Crippen molar-refractivity contribution in [3.05, 3.63) is 109 Å². The molecule has 0 heterocycles. The molecule has 0 bridgehead atoms. The molecule has 6 nitrogen and oxygen atoms in total. The van der Waals surface area contributed by atoms with E-state index in [1.807, 2.05) is 48.6 Å². The van der Waals surface area contributed by atoms with E-state index >= 15 is 0 Å². The molecule has 0 N–H and O–H groups in total. The van der Waals surface area contributed by atoms with Crippen molar-refractivity contribution in [2.24, 2.45) is 0 Å². The van der Waals surface area contributed by atoms with Crippen molar-refractivity contribution < 1.29 is 28.6 Å².